The Bertz CT molecular complexity index is 904. The Morgan fingerprint density at radius 3 is 2.50 bits per heavy atom. The van der Waals surface area contributed by atoms with E-state index in [1.165, 1.54) is 25.1 Å². The normalized spacial score (nSPS) is 27.5. The number of hydrogen-bond acceptors (Lipinski definition) is 6. The van der Waals surface area contributed by atoms with Gasteiger partial charge >= 0.3 is 5.97 Å². The van der Waals surface area contributed by atoms with Crippen molar-refractivity contribution in [3.05, 3.63) is 17.2 Å². The lowest BCUT2D eigenvalue weighted by Gasteiger charge is -2.36. The van der Waals surface area contributed by atoms with E-state index in [-0.39, 0.29) is 29.9 Å². The van der Waals surface area contributed by atoms with Crippen molar-refractivity contribution in [1.29, 1.82) is 0 Å². The second kappa shape index (κ2) is 6.88. The van der Waals surface area contributed by atoms with Crippen molar-refractivity contribution in [3.63, 3.8) is 0 Å². The number of ether oxygens (including phenoxy) is 2. The smallest absolute Gasteiger partial charge is 0.338 e. The molecule has 4 rings (SSSR count). The summed E-state index contributed by atoms with van der Waals surface area (Å²) in [5.74, 6) is -2.50. The van der Waals surface area contributed by atoms with E-state index >= 15 is 0 Å². The molecule has 0 amide bonds. The van der Waals surface area contributed by atoms with Crippen LogP contribution in [0.15, 0.2) is 6.20 Å². The number of fused-ring (bicyclic) bond motifs is 1. The Morgan fingerprint density at radius 1 is 1.25 bits per heavy atom. The molecule has 10 heteroatoms. The molecule has 0 bridgehead atoms. The second-order valence-electron chi connectivity index (χ2n) is 7.58. The molecule has 2 aromatic rings. The van der Waals surface area contributed by atoms with Crippen molar-refractivity contribution in [2.24, 2.45) is 0 Å². The summed E-state index contributed by atoms with van der Waals surface area (Å²) in [5.41, 5.74) is -0.467. The second-order valence-corrected chi connectivity index (χ2v) is 7.94. The van der Waals surface area contributed by atoms with Crippen LogP contribution in [0, 0.1) is 0 Å². The van der Waals surface area contributed by atoms with Gasteiger partial charge in [0, 0.05) is 25.9 Å². The van der Waals surface area contributed by atoms with Gasteiger partial charge in [-0.3, -0.25) is 0 Å². The van der Waals surface area contributed by atoms with Crippen LogP contribution in [0.1, 0.15) is 56.3 Å². The standard InChI is InChI=1S/C18H21ClF2N4O3/c1-27-16(26)17(28-2)5-3-10(4-6-17)14-23-13(19)12-9-22-25(15(12)24-14)11-7-18(20,21)8-11/h9-11H,3-8H2,1-2H3. The first-order valence-corrected chi connectivity index (χ1v) is 9.58. The van der Waals surface area contributed by atoms with Crippen LogP contribution in [0.25, 0.3) is 11.0 Å². The summed E-state index contributed by atoms with van der Waals surface area (Å²) >= 11 is 6.32. The van der Waals surface area contributed by atoms with E-state index in [4.69, 9.17) is 21.1 Å². The maximum Gasteiger partial charge on any atom is 0.338 e. The average Bonchev–Trinajstić information content (AvgIpc) is 3.09. The van der Waals surface area contributed by atoms with Crippen molar-refractivity contribution in [1.82, 2.24) is 19.7 Å². The third-order valence-electron chi connectivity index (χ3n) is 5.95. The highest BCUT2D eigenvalue weighted by Crippen LogP contribution is 2.46. The fraction of sp³-hybridized carbons (Fsp3) is 0.667. The van der Waals surface area contributed by atoms with Gasteiger partial charge in [0.1, 0.15) is 11.0 Å². The van der Waals surface area contributed by atoms with Crippen LogP contribution >= 0.6 is 11.6 Å². The maximum atomic E-state index is 13.3. The molecular weight excluding hydrogens is 394 g/mol. The average molecular weight is 415 g/mol. The first kappa shape index (κ1) is 19.4. The summed E-state index contributed by atoms with van der Waals surface area (Å²) in [6.45, 7) is 0. The molecule has 28 heavy (non-hydrogen) atoms. The lowest BCUT2D eigenvalue weighted by molar-refractivity contribution is -0.170. The third-order valence-corrected chi connectivity index (χ3v) is 6.23. The van der Waals surface area contributed by atoms with Crippen LogP contribution in [0.3, 0.4) is 0 Å². The number of alkyl halides is 2. The Kier molecular flexibility index (Phi) is 4.78. The minimum absolute atomic E-state index is 0.0130. The molecule has 0 spiro atoms. The molecule has 0 aliphatic heterocycles. The van der Waals surface area contributed by atoms with Gasteiger partial charge in [0.15, 0.2) is 11.2 Å². The molecule has 2 aliphatic carbocycles. The highest BCUT2D eigenvalue weighted by atomic mass is 35.5. The van der Waals surface area contributed by atoms with Gasteiger partial charge in [-0.05, 0) is 25.7 Å². The Labute approximate surface area is 165 Å². The summed E-state index contributed by atoms with van der Waals surface area (Å²) in [5, 5.41) is 5.03. The van der Waals surface area contributed by atoms with Crippen molar-refractivity contribution < 1.29 is 23.0 Å². The number of aromatic nitrogens is 4. The van der Waals surface area contributed by atoms with Crippen molar-refractivity contribution in [3.8, 4) is 0 Å². The summed E-state index contributed by atoms with van der Waals surface area (Å²) < 4.78 is 38.4. The van der Waals surface area contributed by atoms with Gasteiger partial charge in [-0.1, -0.05) is 11.6 Å². The summed E-state index contributed by atoms with van der Waals surface area (Å²) in [7, 11) is 2.85. The molecule has 7 nitrogen and oxygen atoms in total. The van der Waals surface area contributed by atoms with Gasteiger partial charge in [-0.25, -0.2) is 28.2 Å². The first-order chi connectivity index (χ1) is 13.3. The minimum atomic E-state index is -2.65. The largest absolute Gasteiger partial charge is 0.467 e. The van der Waals surface area contributed by atoms with Gasteiger partial charge in [-0.15, -0.1) is 0 Å². The van der Waals surface area contributed by atoms with Crippen LogP contribution in [0.2, 0.25) is 5.15 Å². The molecule has 2 aliphatic rings. The number of methoxy groups -OCH3 is 2. The maximum absolute atomic E-state index is 13.3. The molecule has 0 aromatic carbocycles. The van der Waals surface area contributed by atoms with E-state index in [0.29, 0.717) is 42.5 Å². The molecule has 152 valence electrons. The lowest BCUT2D eigenvalue weighted by atomic mass is 9.78. The monoisotopic (exact) mass is 414 g/mol. The van der Waals surface area contributed by atoms with E-state index < -0.39 is 17.6 Å². The number of rotatable bonds is 4. The molecule has 2 fully saturated rings. The third kappa shape index (κ3) is 3.14. The molecule has 0 saturated heterocycles. The number of halogens is 3. The number of carbonyl (C=O) groups is 1. The van der Waals surface area contributed by atoms with E-state index in [1.54, 1.807) is 0 Å². The topological polar surface area (TPSA) is 79.1 Å². The van der Waals surface area contributed by atoms with Crippen molar-refractivity contribution >= 4 is 28.6 Å². The molecular formula is C18H21ClF2N4O3. The van der Waals surface area contributed by atoms with Gasteiger partial charge < -0.3 is 9.47 Å². The van der Waals surface area contributed by atoms with Gasteiger partial charge in [0.05, 0.1) is 24.7 Å². The van der Waals surface area contributed by atoms with Crippen LogP contribution in [-0.2, 0) is 14.3 Å². The fourth-order valence-corrected chi connectivity index (χ4v) is 4.40. The Morgan fingerprint density at radius 2 is 1.93 bits per heavy atom. The number of nitrogens with zero attached hydrogens (tertiary/aromatic N) is 4. The van der Waals surface area contributed by atoms with Crippen LogP contribution in [0.4, 0.5) is 8.78 Å². The number of carbonyl (C=O) groups excluding carboxylic acids is 1. The molecule has 0 unspecified atom stereocenters. The zero-order valence-corrected chi connectivity index (χ0v) is 16.4. The Hall–Kier alpha value is -1.87. The predicted molar refractivity (Wildman–Crippen MR) is 96.5 cm³/mol. The Balaban J connectivity index is 1.59. The lowest BCUT2D eigenvalue weighted by Crippen LogP contribution is -2.44. The molecule has 2 heterocycles. The summed E-state index contributed by atoms with van der Waals surface area (Å²) in [4.78, 5) is 21.1. The minimum Gasteiger partial charge on any atom is -0.467 e. The van der Waals surface area contributed by atoms with E-state index in [0.717, 1.165) is 0 Å². The van der Waals surface area contributed by atoms with E-state index in [9.17, 15) is 13.6 Å². The van der Waals surface area contributed by atoms with Crippen LogP contribution in [-0.4, -0.2) is 51.5 Å². The highest BCUT2D eigenvalue weighted by Gasteiger charge is 2.47. The predicted octanol–water partition coefficient (Wildman–Crippen LogP) is 3.67. The summed E-state index contributed by atoms with van der Waals surface area (Å²) in [6, 6.07) is -0.391. The zero-order chi connectivity index (χ0) is 20.1. The molecule has 2 aromatic heterocycles. The number of hydrogen-bond donors (Lipinski definition) is 0. The van der Waals surface area contributed by atoms with Crippen molar-refractivity contribution in [2.45, 2.75) is 62.0 Å². The van der Waals surface area contributed by atoms with Gasteiger partial charge in [-0.2, -0.15) is 5.10 Å². The molecule has 0 atom stereocenters. The van der Waals surface area contributed by atoms with E-state index in [1.807, 2.05) is 0 Å². The molecule has 0 radical (unpaired) electrons. The van der Waals surface area contributed by atoms with Crippen molar-refractivity contribution in [2.75, 3.05) is 14.2 Å². The highest BCUT2D eigenvalue weighted by molar-refractivity contribution is 6.33. The quantitative estimate of drug-likeness (QED) is 0.561. The summed E-state index contributed by atoms with van der Waals surface area (Å²) in [6.07, 6.45) is 3.23. The first-order valence-electron chi connectivity index (χ1n) is 9.20. The van der Waals surface area contributed by atoms with Gasteiger partial charge in [0.25, 0.3) is 5.92 Å². The zero-order valence-electron chi connectivity index (χ0n) is 15.6. The van der Waals surface area contributed by atoms with Crippen LogP contribution < -0.4 is 0 Å². The SMILES string of the molecule is COC(=O)C1(OC)CCC(c2nc(Cl)c3cnn(C4CC(F)(F)C4)c3n2)CC1. The number of esters is 1. The molecule has 2 saturated carbocycles. The van der Waals surface area contributed by atoms with E-state index in [2.05, 4.69) is 15.1 Å². The van der Waals surface area contributed by atoms with Crippen LogP contribution in [0.5, 0.6) is 0 Å². The van der Waals surface area contributed by atoms with Gasteiger partial charge in [0.2, 0.25) is 0 Å². The fourth-order valence-electron chi connectivity index (χ4n) is 4.18. The molecule has 0 N–H and O–H groups in total.